The highest BCUT2D eigenvalue weighted by atomic mass is 32.1. The van der Waals surface area contributed by atoms with Crippen LogP contribution in [-0.2, 0) is 11.2 Å². The summed E-state index contributed by atoms with van der Waals surface area (Å²) in [4.78, 5) is 13.3. The van der Waals surface area contributed by atoms with Crippen molar-refractivity contribution in [3.8, 4) is 6.07 Å². The molecular weight excluding hydrogens is 310 g/mol. The van der Waals surface area contributed by atoms with E-state index in [1.165, 1.54) is 11.3 Å². The van der Waals surface area contributed by atoms with E-state index in [9.17, 15) is 10.1 Å². The van der Waals surface area contributed by atoms with Gasteiger partial charge in [-0.3, -0.25) is 4.79 Å². The second kappa shape index (κ2) is 5.86. The van der Waals surface area contributed by atoms with E-state index in [4.69, 9.17) is 4.52 Å². The van der Waals surface area contributed by atoms with Crippen molar-refractivity contribution in [2.75, 3.05) is 5.32 Å². The smallest absolute Gasteiger partial charge is 0.231 e. The maximum absolute atomic E-state index is 12.3. The molecule has 0 atom stereocenters. The van der Waals surface area contributed by atoms with Crippen molar-refractivity contribution < 1.29 is 9.32 Å². The largest absolute Gasteiger partial charge is 0.356 e. The van der Waals surface area contributed by atoms with E-state index in [0.717, 1.165) is 21.4 Å². The van der Waals surface area contributed by atoms with Crippen molar-refractivity contribution in [3.05, 3.63) is 45.5 Å². The molecule has 2 heterocycles. The zero-order chi connectivity index (χ0) is 16.6. The predicted molar refractivity (Wildman–Crippen MR) is 89.6 cm³/mol. The molecule has 6 heteroatoms. The monoisotopic (exact) mass is 325 g/mol. The van der Waals surface area contributed by atoms with Crippen LogP contribution >= 0.6 is 11.3 Å². The summed E-state index contributed by atoms with van der Waals surface area (Å²) in [5, 5.41) is 17.5. The molecule has 3 aromatic rings. The van der Waals surface area contributed by atoms with Crippen LogP contribution in [0.2, 0.25) is 0 Å². The molecule has 23 heavy (non-hydrogen) atoms. The van der Waals surface area contributed by atoms with E-state index in [1.807, 2.05) is 39.0 Å². The van der Waals surface area contributed by atoms with Crippen LogP contribution in [0.3, 0.4) is 0 Å². The van der Waals surface area contributed by atoms with Crippen molar-refractivity contribution in [1.82, 2.24) is 5.16 Å². The molecule has 0 aliphatic carbocycles. The number of carbonyl (C=O) groups is 1. The lowest BCUT2D eigenvalue weighted by Crippen LogP contribution is -2.14. The third-order valence-electron chi connectivity index (χ3n) is 3.78. The Bertz CT molecular complexity index is 947. The number of hydrogen-bond donors (Lipinski definition) is 1. The Hall–Kier alpha value is -2.65. The summed E-state index contributed by atoms with van der Waals surface area (Å²) < 4.78 is 5.24. The van der Waals surface area contributed by atoms with E-state index in [-0.39, 0.29) is 12.3 Å². The van der Waals surface area contributed by atoms with Crippen LogP contribution in [0.25, 0.3) is 11.0 Å². The number of nitrogens with zero attached hydrogens (tertiary/aromatic N) is 2. The van der Waals surface area contributed by atoms with Gasteiger partial charge in [-0.05, 0) is 38.5 Å². The Morgan fingerprint density at radius 1 is 1.39 bits per heavy atom. The Labute approximate surface area is 137 Å². The lowest BCUT2D eigenvalue weighted by atomic mass is 10.1. The van der Waals surface area contributed by atoms with E-state index in [0.29, 0.717) is 21.8 Å². The van der Waals surface area contributed by atoms with Gasteiger partial charge in [0.25, 0.3) is 0 Å². The molecular formula is C17H15N3O2S. The number of fused-ring (bicyclic) bond motifs is 1. The van der Waals surface area contributed by atoms with Crippen LogP contribution in [0.1, 0.15) is 27.3 Å². The van der Waals surface area contributed by atoms with E-state index < -0.39 is 0 Å². The number of aryl methyl sites for hydroxylation is 2. The SMILES string of the molecule is Cc1ccc2onc(CC(=O)Nc3sc(C)c(C)c3C#N)c2c1. The second-order valence-electron chi connectivity index (χ2n) is 5.45. The van der Waals surface area contributed by atoms with E-state index in [2.05, 4.69) is 16.5 Å². The van der Waals surface area contributed by atoms with Crippen LogP contribution in [0.4, 0.5) is 5.00 Å². The van der Waals surface area contributed by atoms with Gasteiger partial charge in [0.05, 0.1) is 12.0 Å². The number of aromatic nitrogens is 1. The maximum Gasteiger partial charge on any atom is 0.231 e. The van der Waals surface area contributed by atoms with Gasteiger partial charge in [-0.1, -0.05) is 16.8 Å². The summed E-state index contributed by atoms with van der Waals surface area (Å²) >= 11 is 1.41. The van der Waals surface area contributed by atoms with Gasteiger partial charge in [0.2, 0.25) is 5.91 Å². The standard InChI is InChI=1S/C17H15N3O2S/c1-9-4-5-15-12(6-9)14(20-22-15)7-16(21)19-17-13(8-18)10(2)11(3)23-17/h4-6H,7H2,1-3H3,(H,19,21). The average Bonchev–Trinajstić information content (AvgIpc) is 3.01. The van der Waals surface area contributed by atoms with Crippen LogP contribution in [0, 0.1) is 32.1 Å². The summed E-state index contributed by atoms with van der Waals surface area (Å²) in [5.41, 5.74) is 3.79. The highest BCUT2D eigenvalue weighted by Crippen LogP contribution is 2.31. The van der Waals surface area contributed by atoms with Gasteiger partial charge in [0, 0.05) is 10.3 Å². The Kier molecular flexibility index (Phi) is 3.89. The van der Waals surface area contributed by atoms with Gasteiger partial charge < -0.3 is 9.84 Å². The molecule has 1 amide bonds. The average molecular weight is 325 g/mol. The molecule has 0 saturated carbocycles. The lowest BCUT2D eigenvalue weighted by molar-refractivity contribution is -0.115. The van der Waals surface area contributed by atoms with Crippen LogP contribution < -0.4 is 5.32 Å². The van der Waals surface area contributed by atoms with Crippen LogP contribution in [0.15, 0.2) is 22.7 Å². The number of anilines is 1. The van der Waals surface area contributed by atoms with Crippen molar-refractivity contribution in [2.24, 2.45) is 0 Å². The lowest BCUT2D eigenvalue weighted by Gasteiger charge is -2.02. The minimum Gasteiger partial charge on any atom is -0.356 e. The fourth-order valence-electron chi connectivity index (χ4n) is 2.40. The van der Waals surface area contributed by atoms with Gasteiger partial charge >= 0.3 is 0 Å². The number of benzene rings is 1. The first-order valence-electron chi connectivity index (χ1n) is 7.14. The highest BCUT2D eigenvalue weighted by Gasteiger charge is 2.17. The number of hydrogen-bond acceptors (Lipinski definition) is 5. The molecule has 0 saturated heterocycles. The third kappa shape index (κ3) is 2.83. The first kappa shape index (κ1) is 15.3. The van der Waals surface area contributed by atoms with Crippen molar-refractivity contribution >= 4 is 33.2 Å². The quantitative estimate of drug-likeness (QED) is 0.793. The number of amides is 1. The first-order chi connectivity index (χ1) is 11.0. The normalized spacial score (nSPS) is 10.7. The zero-order valence-electron chi connectivity index (χ0n) is 13.1. The molecule has 1 N–H and O–H groups in total. The van der Waals surface area contributed by atoms with Gasteiger partial charge in [-0.2, -0.15) is 5.26 Å². The zero-order valence-corrected chi connectivity index (χ0v) is 13.9. The topological polar surface area (TPSA) is 78.9 Å². The molecule has 5 nitrogen and oxygen atoms in total. The summed E-state index contributed by atoms with van der Waals surface area (Å²) in [6.45, 7) is 5.80. The second-order valence-corrected chi connectivity index (χ2v) is 6.68. The number of carbonyl (C=O) groups excluding carboxylic acids is 1. The maximum atomic E-state index is 12.3. The van der Waals surface area contributed by atoms with Crippen molar-refractivity contribution in [2.45, 2.75) is 27.2 Å². The molecule has 0 radical (unpaired) electrons. The van der Waals surface area contributed by atoms with Crippen molar-refractivity contribution in [1.29, 1.82) is 5.26 Å². The highest BCUT2D eigenvalue weighted by molar-refractivity contribution is 7.16. The summed E-state index contributed by atoms with van der Waals surface area (Å²) in [5.74, 6) is -0.209. The molecule has 0 spiro atoms. The molecule has 2 aromatic heterocycles. The minimum absolute atomic E-state index is 0.108. The fourth-order valence-corrected chi connectivity index (χ4v) is 3.43. The number of thiophene rings is 1. The van der Waals surface area contributed by atoms with Gasteiger partial charge in [-0.25, -0.2) is 0 Å². The Morgan fingerprint density at radius 3 is 2.91 bits per heavy atom. The van der Waals surface area contributed by atoms with Crippen molar-refractivity contribution in [3.63, 3.8) is 0 Å². The summed E-state index contributed by atoms with van der Waals surface area (Å²) in [6.07, 6.45) is 0.108. The van der Waals surface area contributed by atoms with E-state index in [1.54, 1.807) is 0 Å². The van der Waals surface area contributed by atoms with Crippen LogP contribution in [-0.4, -0.2) is 11.1 Å². The molecule has 3 rings (SSSR count). The number of nitriles is 1. The number of rotatable bonds is 3. The molecule has 116 valence electrons. The van der Waals surface area contributed by atoms with Gasteiger partial charge in [-0.15, -0.1) is 11.3 Å². The molecule has 0 unspecified atom stereocenters. The fraction of sp³-hybridized carbons (Fsp3) is 0.235. The Balaban J connectivity index is 1.83. The molecule has 0 bridgehead atoms. The van der Waals surface area contributed by atoms with Crippen LogP contribution in [0.5, 0.6) is 0 Å². The molecule has 0 aliphatic heterocycles. The Morgan fingerprint density at radius 2 is 2.17 bits per heavy atom. The third-order valence-corrected chi connectivity index (χ3v) is 4.90. The van der Waals surface area contributed by atoms with Gasteiger partial charge in [0.1, 0.15) is 16.8 Å². The predicted octanol–water partition coefficient (Wildman–Crippen LogP) is 3.87. The molecule has 0 fully saturated rings. The summed E-state index contributed by atoms with van der Waals surface area (Å²) in [6, 6.07) is 7.88. The molecule has 1 aromatic carbocycles. The summed E-state index contributed by atoms with van der Waals surface area (Å²) in [7, 11) is 0. The number of nitrogens with one attached hydrogen (secondary N) is 1. The minimum atomic E-state index is -0.209. The molecule has 0 aliphatic rings. The van der Waals surface area contributed by atoms with Gasteiger partial charge in [0.15, 0.2) is 5.58 Å². The van der Waals surface area contributed by atoms with E-state index >= 15 is 0 Å². The first-order valence-corrected chi connectivity index (χ1v) is 7.96.